The van der Waals surface area contributed by atoms with Gasteiger partial charge in [0.2, 0.25) is 5.82 Å². The van der Waals surface area contributed by atoms with Gasteiger partial charge in [-0.25, -0.2) is 15.2 Å². The highest BCUT2D eigenvalue weighted by atomic mass is 79.9. The Morgan fingerprint density at radius 2 is 2.10 bits per heavy atom. The molecule has 0 saturated heterocycles. The molecule has 0 saturated carbocycles. The lowest BCUT2D eigenvalue weighted by Gasteiger charge is -2.09. The summed E-state index contributed by atoms with van der Waals surface area (Å²) in [6.07, 6.45) is 0. The number of nitrogens with zero attached hydrogens (tertiary/aromatic N) is 2. The van der Waals surface area contributed by atoms with Crippen molar-refractivity contribution in [2.45, 2.75) is 0 Å². The lowest BCUT2D eigenvalue weighted by molar-refractivity contribution is -0.384. The number of halogens is 2. The fraction of sp³-hybridized carbons (Fsp3) is 0. The van der Waals surface area contributed by atoms with Gasteiger partial charge in [0.25, 0.3) is 0 Å². The first-order chi connectivity index (χ1) is 9.51. The Hall–Kier alpha value is -2.26. The molecule has 1 heterocycles. The first-order valence-corrected chi connectivity index (χ1v) is 6.14. The second kappa shape index (κ2) is 5.80. The highest BCUT2D eigenvalue weighted by Gasteiger charge is 2.17. The predicted octanol–water partition coefficient (Wildman–Crippen LogP) is 2.92. The molecule has 0 radical (unpaired) electrons. The minimum Gasteiger partial charge on any atom is -0.332 e. The molecule has 2 rings (SSSR count). The zero-order valence-electron chi connectivity index (χ0n) is 9.93. The van der Waals surface area contributed by atoms with Crippen LogP contribution < -0.4 is 16.6 Å². The number of rotatable bonds is 4. The summed E-state index contributed by atoms with van der Waals surface area (Å²) >= 11 is 3.19. The maximum Gasteiger partial charge on any atom is 0.311 e. The first kappa shape index (κ1) is 14.2. The number of anilines is 3. The third-order valence-electron chi connectivity index (χ3n) is 2.40. The Kier molecular flexibility index (Phi) is 4.11. The zero-order chi connectivity index (χ0) is 14.7. The molecule has 1 aromatic heterocycles. The highest BCUT2D eigenvalue weighted by molar-refractivity contribution is 9.10. The fourth-order valence-corrected chi connectivity index (χ4v) is 1.85. The molecular formula is C11H9BrFN5O2. The Morgan fingerprint density at radius 1 is 1.35 bits per heavy atom. The average Bonchev–Trinajstić information content (AvgIpc) is 2.42. The van der Waals surface area contributed by atoms with Crippen LogP contribution in [0.25, 0.3) is 0 Å². The van der Waals surface area contributed by atoms with Crippen molar-refractivity contribution >= 4 is 38.9 Å². The Balaban J connectivity index is 2.45. The average molecular weight is 342 g/mol. The summed E-state index contributed by atoms with van der Waals surface area (Å²) < 4.78 is 14.3. The predicted molar refractivity (Wildman–Crippen MR) is 76.1 cm³/mol. The summed E-state index contributed by atoms with van der Waals surface area (Å²) in [7, 11) is 0. The van der Waals surface area contributed by atoms with E-state index in [2.05, 4.69) is 31.7 Å². The molecule has 0 amide bonds. The van der Waals surface area contributed by atoms with Gasteiger partial charge >= 0.3 is 5.69 Å². The number of hydrazine groups is 1. The number of pyridine rings is 1. The molecule has 0 atom stereocenters. The van der Waals surface area contributed by atoms with Crippen molar-refractivity contribution in [1.82, 2.24) is 4.98 Å². The third-order valence-corrected chi connectivity index (χ3v) is 2.89. The number of nitro groups is 1. The third kappa shape index (κ3) is 3.00. The summed E-state index contributed by atoms with van der Waals surface area (Å²) in [6, 6.07) is 6.76. The van der Waals surface area contributed by atoms with Crippen molar-refractivity contribution in [3.05, 3.63) is 50.7 Å². The van der Waals surface area contributed by atoms with Gasteiger partial charge in [-0.3, -0.25) is 10.1 Å². The van der Waals surface area contributed by atoms with Crippen LogP contribution in [0.4, 0.5) is 27.4 Å². The van der Waals surface area contributed by atoms with Crippen molar-refractivity contribution in [2.75, 3.05) is 10.7 Å². The second-order valence-corrected chi connectivity index (χ2v) is 4.63. The highest BCUT2D eigenvalue weighted by Crippen LogP contribution is 2.29. The molecule has 104 valence electrons. The molecular weight excluding hydrogens is 333 g/mol. The normalized spacial score (nSPS) is 10.2. The molecule has 4 N–H and O–H groups in total. The SMILES string of the molecule is NNc1ccc([N+](=O)[O-])c(Nc2cc(Br)ccc2F)n1. The van der Waals surface area contributed by atoms with E-state index >= 15 is 0 Å². The molecule has 9 heteroatoms. The summed E-state index contributed by atoms with van der Waals surface area (Å²) in [5.74, 6) is 4.75. The fourth-order valence-electron chi connectivity index (χ4n) is 1.49. The number of hydrogen-bond acceptors (Lipinski definition) is 6. The van der Waals surface area contributed by atoms with E-state index in [1.807, 2.05) is 0 Å². The minimum atomic E-state index is -0.620. The number of nitrogens with one attached hydrogen (secondary N) is 2. The van der Waals surface area contributed by atoms with E-state index in [-0.39, 0.29) is 23.0 Å². The van der Waals surface area contributed by atoms with Gasteiger partial charge in [-0.1, -0.05) is 15.9 Å². The number of benzene rings is 1. The van der Waals surface area contributed by atoms with Gasteiger partial charge in [-0.05, 0) is 24.3 Å². The number of aromatic nitrogens is 1. The van der Waals surface area contributed by atoms with Gasteiger partial charge in [-0.2, -0.15) is 0 Å². The maximum absolute atomic E-state index is 13.6. The molecule has 0 bridgehead atoms. The van der Waals surface area contributed by atoms with Gasteiger partial charge in [-0.15, -0.1) is 0 Å². The molecule has 0 unspecified atom stereocenters. The minimum absolute atomic E-state index is 0.0594. The molecule has 0 aliphatic heterocycles. The number of nitrogen functional groups attached to an aromatic ring is 1. The van der Waals surface area contributed by atoms with E-state index in [1.165, 1.54) is 30.3 Å². The molecule has 0 aliphatic rings. The van der Waals surface area contributed by atoms with Crippen molar-refractivity contribution in [3.63, 3.8) is 0 Å². The molecule has 0 spiro atoms. The van der Waals surface area contributed by atoms with Crippen LogP contribution in [0, 0.1) is 15.9 Å². The van der Waals surface area contributed by atoms with E-state index in [4.69, 9.17) is 5.84 Å². The number of hydrogen-bond donors (Lipinski definition) is 3. The Morgan fingerprint density at radius 3 is 2.75 bits per heavy atom. The van der Waals surface area contributed by atoms with E-state index in [0.29, 0.717) is 4.47 Å². The van der Waals surface area contributed by atoms with Crippen molar-refractivity contribution in [3.8, 4) is 0 Å². The second-order valence-electron chi connectivity index (χ2n) is 3.71. The quantitative estimate of drug-likeness (QED) is 0.448. The van der Waals surface area contributed by atoms with Crippen molar-refractivity contribution in [1.29, 1.82) is 0 Å². The molecule has 7 nitrogen and oxygen atoms in total. The van der Waals surface area contributed by atoms with Crippen LogP contribution in [0.1, 0.15) is 0 Å². The van der Waals surface area contributed by atoms with E-state index in [9.17, 15) is 14.5 Å². The van der Waals surface area contributed by atoms with Crippen LogP contribution >= 0.6 is 15.9 Å². The van der Waals surface area contributed by atoms with Crippen LogP contribution in [-0.2, 0) is 0 Å². The van der Waals surface area contributed by atoms with Crippen LogP contribution in [-0.4, -0.2) is 9.91 Å². The standard InChI is InChI=1S/C11H9BrFN5O2/c12-6-1-2-7(13)8(5-6)15-11-9(18(19)20)3-4-10(16-11)17-14/h1-5H,14H2,(H2,15,16,17). The lowest BCUT2D eigenvalue weighted by atomic mass is 10.3. The first-order valence-electron chi connectivity index (χ1n) is 5.35. The van der Waals surface area contributed by atoms with E-state index < -0.39 is 10.7 Å². The smallest absolute Gasteiger partial charge is 0.311 e. The van der Waals surface area contributed by atoms with Crippen LogP contribution in [0.2, 0.25) is 0 Å². The lowest BCUT2D eigenvalue weighted by Crippen LogP contribution is -2.10. The molecule has 0 fully saturated rings. The molecule has 0 aliphatic carbocycles. The summed E-state index contributed by atoms with van der Waals surface area (Å²) in [5, 5.41) is 13.5. The van der Waals surface area contributed by atoms with Gasteiger partial charge in [0.15, 0.2) is 0 Å². The monoisotopic (exact) mass is 341 g/mol. The zero-order valence-corrected chi connectivity index (χ0v) is 11.5. The summed E-state index contributed by atoms with van der Waals surface area (Å²) in [6.45, 7) is 0. The van der Waals surface area contributed by atoms with E-state index in [1.54, 1.807) is 0 Å². The van der Waals surface area contributed by atoms with Crippen LogP contribution in [0.15, 0.2) is 34.8 Å². The van der Waals surface area contributed by atoms with Crippen LogP contribution in [0.3, 0.4) is 0 Å². The van der Waals surface area contributed by atoms with Gasteiger partial charge < -0.3 is 10.7 Å². The van der Waals surface area contributed by atoms with Crippen LogP contribution in [0.5, 0.6) is 0 Å². The number of nitrogens with two attached hydrogens (primary N) is 1. The maximum atomic E-state index is 13.6. The van der Waals surface area contributed by atoms with Gasteiger partial charge in [0.05, 0.1) is 10.6 Å². The van der Waals surface area contributed by atoms with Crippen molar-refractivity contribution < 1.29 is 9.31 Å². The summed E-state index contributed by atoms with van der Waals surface area (Å²) in [5.41, 5.74) is 2.04. The largest absolute Gasteiger partial charge is 0.332 e. The molecule has 2 aromatic rings. The topological polar surface area (TPSA) is 106 Å². The molecule has 20 heavy (non-hydrogen) atoms. The Labute approximate surface area is 121 Å². The summed E-state index contributed by atoms with van der Waals surface area (Å²) in [4.78, 5) is 14.2. The molecule has 1 aromatic carbocycles. The Bertz CT molecular complexity index is 667. The van der Waals surface area contributed by atoms with Crippen molar-refractivity contribution in [2.24, 2.45) is 5.84 Å². The van der Waals surface area contributed by atoms with Gasteiger partial charge in [0.1, 0.15) is 11.6 Å². The van der Waals surface area contributed by atoms with Gasteiger partial charge in [0, 0.05) is 10.5 Å². The van der Waals surface area contributed by atoms with E-state index in [0.717, 1.165) is 0 Å².